The van der Waals surface area contributed by atoms with E-state index < -0.39 is 7.29 Å². The minimum atomic E-state index is -2.41. The van der Waals surface area contributed by atoms with Gasteiger partial charge in [-0.15, -0.1) is 0 Å². The standard InChI is InChI=1S/C14H30NOP/c1-13(2,3)17(16,14(4,5)6)15-12-10-8-7-9-11-12/h12H,7-11H2,1-6H3,(H,15,16). The molecule has 0 atom stereocenters. The van der Waals surface area contributed by atoms with Gasteiger partial charge in [0.1, 0.15) is 0 Å². The molecule has 0 aliphatic heterocycles. The summed E-state index contributed by atoms with van der Waals surface area (Å²) in [5.74, 6) is 0. The van der Waals surface area contributed by atoms with Crippen LogP contribution in [0.3, 0.4) is 0 Å². The highest BCUT2D eigenvalue weighted by molar-refractivity contribution is 7.65. The van der Waals surface area contributed by atoms with Crippen LogP contribution in [0.25, 0.3) is 0 Å². The number of hydrogen-bond donors (Lipinski definition) is 1. The van der Waals surface area contributed by atoms with Crippen molar-refractivity contribution in [1.82, 2.24) is 5.09 Å². The van der Waals surface area contributed by atoms with Gasteiger partial charge in [0.05, 0.1) is 0 Å². The fraction of sp³-hybridized carbons (Fsp3) is 1.00. The molecule has 1 N–H and O–H groups in total. The zero-order chi connectivity index (χ0) is 13.3. The van der Waals surface area contributed by atoms with Gasteiger partial charge in [-0.05, 0) is 12.8 Å². The fourth-order valence-electron chi connectivity index (χ4n) is 2.88. The third-order valence-corrected chi connectivity index (χ3v) is 8.37. The number of nitrogens with one attached hydrogen (secondary N) is 1. The third kappa shape index (κ3) is 3.35. The van der Waals surface area contributed by atoms with E-state index in [1.807, 2.05) is 0 Å². The molecule has 0 aromatic carbocycles. The Morgan fingerprint density at radius 1 is 0.882 bits per heavy atom. The second-order valence-corrected chi connectivity index (χ2v) is 11.6. The molecule has 102 valence electrons. The highest BCUT2D eigenvalue weighted by Crippen LogP contribution is 2.64. The summed E-state index contributed by atoms with van der Waals surface area (Å²) in [5, 5.41) is 3.24. The molecule has 0 unspecified atom stereocenters. The topological polar surface area (TPSA) is 29.1 Å². The van der Waals surface area contributed by atoms with Gasteiger partial charge in [-0.1, -0.05) is 60.8 Å². The maximum Gasteiger partial charge on any atom is 0.158 e. The van der Waals surface area contributed by atoms with E-state index in [-0.39, 0.29) is 10.3 Å². The molecule has 0 aromatic heterocycles. The Hall–Kier alpha value is 0.190. The maximum absolute atomic E-state index is 13.4. The first kappa shape index (κ1) is 15.2. The largest absolute Gasteiger partial charge is 0.306 e. The van der Waals surface area contributed by atoms with E-state index in [4.69, 9.17) is 0 Å². The summed E-state index contributed by atoms with van der Waals surface area (Å²) in [4.78, 5) is 0. The molecule has 17 heavy (non-hydrogen) atoms. The predicted octanol–water partition coefficient (Wildman–Crippen LogP) is 4.78. The lowest BCUT2D eigenvalue weighted by molar-refractivity contribution is 0.399. The van der Waals surface area contributed by atoms with Crippen LogP contribution in [-0.4, -0.2) is 16.4 Å². The van der Waals surface area contributed by atoms with E-state index in [0.717, 1.165) is 0 Å². The summed E-state index contributed by atoms with van der Waals surface area (Å²) in [6.07, 6.45) is 6.29. The molecule has 0 amide bonds. The Bertz CT molecular complexity index is 274. The van der Waals surface area contributed by atoms with Gasteiger partial charge in [0.15, 0.2) is 7.29 Å². The van der Waals surface area contributed by atoms with Gasteiger partial charge in [0.2, 0.25) is 0 Å². The Balaban J connectivity index is 2.89. The van der Waals surface area contributed by atoms with Crippen LogP contribution in [0, 0.1) is 0 Å². The number of hydrogen-bond acceptors (Lipinski definition) is 1. The van der Waals surface area contributed by atoms with E-state index in [2.05, 4.69) is 46.6 Å². The van der Waals surface area contributed by atoms with Gasteiger partial charge in [-0.2, -0.15) is 0 Å². The van der Waals surface area contributed by atoms with Gasteiger partial charge < -0.3 is 4.57 Å². The lowest BCUT2D eigenvalue weighted by Crippen LogP contribution is -2.41. The van der Waals surface area contributed by atoms with Crippen LogP contribution in [0.15, 0.2) is 0 Å². The first-order valence-electron chi connectivity index (χ1n) is 6.96. The highest BCUT2D eigenvalue weighted by atomic mass is 31.2. The minimum absolute atomic E-state index is 0.164. The molecule has 0 saturated heterocycles. The van der Waals surface area contributed by atoms with E-state index in [1.54, 1.807) is 0 Å². The molecule has 0 radical (unpaired) electrons. The molecular formula is C14H30NOP. The lowest BCUT2D eigenvalue weighted by atomic mass is 9.96. The summed E-state index contributed by atoms with van der Waals surface area (Å²) >= 11 is 0. The Labute approximate surface area is 107 Å². The molecule has 1 saturated carbocycles. The van der Waals surface area contributed by atoms with Gasteiger partial charge >= 0.3 is 0 Å². The predicted molar refractivity (Wildman–Crippen MR) is 77.1 cm³/mol. The van der Waals surface area contributed by atoms with Gasteiger partial charge in [-0.25, -0.2) is 0 Å². The zero-order valence-corrected chi connectivity index (χ0v) is 13.4. The molecule has 3 heteroatoms. The lowest BCUT2D eigenvalue weighted by Gasteiger charge is -2.44. The maximum atomic E-state index is 13.4. The van der Waals surface area contributed by atoms with Crippen LogP contribution in [0.5, 0.6) is 0 Å². The summed E-state index contributed by atoms with van der Waals surface area (Å²) in [7, 11) is -2.41. The van der Waals surface area contributed by atoms with Crippen molar-refractivity contribution < 1.29 is 4.57 Å². The highest BCUT2D eigenvalue weighted by Gasteiger charge is 2.47. The SMILES string of the molecule is CC(C)(C)P(=O)(NC1CCCCC1)C(C)(C)C. The Morgan fingerprint density at radius 2 is 1.29 bits per heavy atom. The van der Waals surface area contributed by atoms with Crippen molar-refractivity contribution in [2.24, 2.45) is 0 Å². The normalized spacial score (nSPS) is 20.6. The third-order valence-electron chi connectivity index (χ3n) is 3.86. The Kier molecular flexibility index (Phi) is 4.53. The van der Waals surface area contributed by atoms with Gasteiger partial charge in [-0.3, -0.25) is 5.09 Å². The Morgan fingerprint density at radius 3 is 1.65 bits per heavy atom. The van der Waals surface area contributed by atoms with Crippen LogP contribution in [0.1, 0.15) is 73.6 Å². The van der Waals surface area contributed by atoms with Crippen LogP contribution in [0.4, 0.5) is 0 Å². The smallest absolute Gasteiger partial charge is 0.158 e. The molecule has 0 heterocycles. The van der Waals surface area contributed by atoms with E-state index >= 15 is 0 Å². The summed E-state index contributed by atoms with van der Waals surface area (Å²) in [6, 6.07) is 0.466. The summed E-state index contributed by atoms with van der Waals surface area (Å²) in [5.41, 5.74) is 0. The molecule has 0 aromatic rings. The molecule has 0 bridgehead atoms. The van der Waals surface area contributed by atoms with Crippen molar-refractivity contribution in [1.29, 1.82) is 0 Å². The van der Waals surface area contributed by atoms with Crippen molar-refractivity contribution in [3.63, 3.8) is 0 Å². The van der Waals surface area contributed by atoms with Crippen molar-refractivity contribution in [2.45, 2.75) is 90.0 Å². The second kappa shape index (κ2) is 5.05. The van der Waals surface area contributed by atoms with Crippen LogP contribution in [0.2, 0.25) is 0 Å². The molecule has 1 fully saturated rings. The van der Waals surface area contributed by atoms with Crippen molar-refractivity contribution >= 4 is 7.29 Å². The first-order chi connectivity index (χ1) is 7.58. The van der Waals surface area contributed by atoms with E-state index in [9.17, 15) is 4.57 Å². The van der Waals surface area contributed by atoms with Crippen molar-refractivity contribution in [3.8, 4) is 0 Å². The second-order valence-electron chi connectivity index (χ2n) is 7.41. The molecular weight excluding hydrogens is 229 g/mol. The zero-order valence-electron chi connectivity index (χ0n) is 12.5. The molecule has 1 aliphatic carbocycles. The van der Waals surface area contributed by atoms with Crippen LogP contribution >= 0.6 is 7.29 Å². The van der Waals surface area contributed by atoms with Gasteiger partial charge in [0.25, 0.3) is 0 Å². The fourth-order valence-corrected chi connectivity index (χ4v) is 6.44. The molecule has 0 spiro atoms. The minimum Gasteiger partial charge on any atom is -0.306 e. The average Bonchev–Trinajstić information content (AvgIpc) is 2.15. The van der Waals surface area contributed by atoms with Crippen LogP contribution < -0.4 is 5.09 Å². The molecule has 1 rings (SSSR count). The average molecular weight is 259 g/mol. The summed E-state index contributed by atoms with van der Waals surface area (Å²) in [6.45, 7) is 12.6. The molecule has 2 nitrogen and oxygen atoms in total. The quantitative estimate of drug-likeness (QED) is 0.723. The summed E-state index contributed by atoms with van der Waals surface area (Å²) < 4.78 is 13.4. The molecule has 1 aliphatic rings. The first-order valence-corrected chi connectivity index (χ1v) is 8.67. The van der Waals surface area contributed by atoms with Crippen LogP contribution in [-0.2, 0) is 4.57 Å². The van der Waals surface area contributed by atoms with Crippen molar-refractivity contribution in [2.75, 3.05) is 0 Å². The number of rotatable bonds is 2. The monoisotopic (exact) mass is 259 g/mol. The van der Waals surface area contributed by atoms with Gasteiger partial charge in [0, 0.05) is 16.4 Å². The van der Waals surface area contributed by atoms with E-state index in [1.165, 1.54) is 32.1 Å². The van der Waals surface area contributed by atoms with Crippen molar-refractivity contribution in [3.05, 3.63) is 0 Å². The van der Waals surface area contributed by atoms with E-state index in [0.29, 0.717) is 6.04 Å².